The van der Waals surface area contributed by atoms with E-state index in [4.69, 9.17) is 9.47 Å². The molecular formula is C31H31N3O4. The van der Waals surface area contributed by atoms with E-state index < -0.39 is 5.97 Å². The lowest BCUT2D eigenvalue weighted by atomic mass is 10.0. The lowest BCUT2D eigenvalue weighted by molar-refractivity contribution is 0.0600. The smallest absolute Gasteiger partial charge is 0.337 e. The standard InChI is InChI=1S/C31H31N3O4/c1-37-29-20-24-11-7-6-10-23(24)18-26(29)30(35)32-27-19-25(31(36)38-2)12-13-28(27)34-16-14-33(15-17-34)21-22-8-4-3-5-9-22/h3-13,18-20H,14-17,21H2,1-2H3,(H,32,35). The first kappa shape index (κ1) is 25.3. The highest BCUT2D eigenvalue weighted by atomic mass is 16.5. The van der Waals surface area contributed by atoms with Crippen LogP contribution in [0.25, 0.3) is 10.8 Å². The number of nitrogens with zero attached hydrogens (tertiary/aromatic N) is 2. The zero-order chi connectivity index (χ0) is 26.5. The van der Waals surface area contributed by atoms with Gasteiger partial charge in [0.25, 0.3) is 5.91 Å². The fourth-order valence-electron chi connectivity index (χ4n) is 4.90. The van der Waals surface area contributed by atoms with Crippen molar-refractivity contribution >= 4 is 34.0 Å². The molecule has 0 spiro atoms. The number of carbonyl (C=O) groups excluding carboxylic acids is 2. The summed E-state index contributed by atoms with van der Waals surface area (Å²) in [4.78, 5) is 30.5. The molecule has 38 heavy (non-hydrogen) atoms. The number of carbonyl (C=O) groups is 2. The number of esters is 1. The molecule has 5 rings (SSSR count). The van der Waals surface area contributed by atoms with E-state index in [1.807, 2.05) is 48.5 Å². The number of fused-ring (bicyclic) bond motifs is 1. The molecule has 1 aliphatic heterocycles. The molecule has 4 aromatic rings. The Morgan fingerprint density at radius 3 is 2.18 bits per heavy atom. The highest BCUT2D eigenvalue weighted by Crippen LogP contribution is 2.32. The van der Waals surface area contributed by atoms with E-state index in [0.717, 1.165) is 49.2 Å². The third-order valence-corrected chi connectivity index (χ3v) is 6.94. The van der Waals surface area contributed by atoms with Crippen LogP contribution in [0, 0.1) is 0 Å². The second-order valence-corrected chi connectivity index (χ2v) is 9.33. The number of anilines is 2. The summed E-state index contributed by atoms with van der Waals surface area (Å²) in [6.07, 6.45) is 0. The summed E-state index contributed by atoms with van der Waals surface area (Å²) in [5.74, 6) is -0.275. The molecule has 1 aliphatic rings. The van der Waals surface area contributed by atoms with Gasteiger partial charge in [0.15, 0.2) is 0 Å². The Balaban J connectivity index is 1.40. The van der Waals surface area contributed by atoms with Crippen molar-refractivity contribution in [3.63, 3.8) is 0 Å². The van der Waals surface area contributed by atoms with Crippen LogP contribution in [-0.2, 0) is 11.3 Å². The molecule has 1 saturated heterocycles. The monoisotopic (exact) mass is 509 g/mol. The van der Waals surface area contributed by atoms with Crippen LogP contribution in [-0.4, -0.2) is 57.2 Å². The average molecular weight is 510 g/mol. The molecule has 0 atom stereocenters. The van der Waals surface area contributed by atoms with E-state index in [0.29, 0.717) is 22.6 Å². The lowest BCUT2D eigenvalue weighted by Gasteiger charge is -2.37. The molecule has 0 aromatic heterocycles. The number of hydrogen-bond donors (Lipinski definition) is 1. The maximum absolute atomic E-state index is 13.5. The van der Waals surface area contributed by atoms with Crippen LogP contribution in [0.2, 0.25) is 0 Å². The third-order valence-electron chi connectivity index (χ3n) is 6.94. The van der Waals surface area contributed by atoms with E-state index in [-0.39, 0.29) is 5.91 Å². The van der Waals surface area contributed by atoms with E-state index in [1.54, 1.807) is 19.2 Å². The molecule has 0 unspecified atom stereocenters. The van der Waals surface area contributed by atoms with Gasteiger partial charge >= 0.3 is 5.97 Å². The molecule has 1 fully saturated rings. The predicted molar refractivity (Wildman–Crippen MR) is 150 cm³/mol. The summed E-state index contributed by atoms with van der Waals surface area (Å²) in [5, 5.41) is 4.98. The van der Waals surface area contributed by atoms with Crippen LogP contribution < -0.4 is 15.0 Å². The quantitative estimate of drug-likeness (QED) is 0.345. The van der Waals surface area contributed by atoms with Gasteiger partial charge in [0.05, 0.1) is 36.7 Å². The number of ether oxygens (including phenoxy) is 2. The molecular weight excluding hydrogens is 478 g/mol. The van der Waals surface area contributed by atoms with Gasteiger partial charge in [-0.25, -0.2) is 4.79 Å². The van der Waals surface area contributed by atoms with E-state index in [1.165, 1.54) is 12.7 Å². The van der Waals surface area contributed by atoms with Crippen molar-refractivity contribution in [1.82, 2.24) is 4.90 Å². The minimum Gasteiger partial charge on any atom is -0.496 e. The zero-order valence-electron chi connectivity index (χ0n) is 21.6. The fraction of sp³-hybridized carbons (Fsp3) is 0.226. The van der Waals surface area contributed by atoms with Gasteiger partial charge in [0.1, 0.15) is 5.75 Å². The number of piperazine rings is 1. The summed E-state index contributed by atoms with van der Waals surface area (Å²) in [6, 6.07) is 27.3. The van der Waals surface area contributed by atoms with Crippen LogP contribution in [0.4, 0.5) is 11.4 Å². The Bertz CT molecular complexity index is 1450. The SMILES string of the molecule is COC(=O)c1ccc(N2CCN(Cc3ccccc3)CC2)c(NC(=O)c2cc3ccccc3cc2OC)c1. The summed E-state index contributed by atoms with van der Waals surface area (Å²) in [6.45, 7) is 4.28. The molecule has 7 heteroatoms. The van der Waals surface area contributed by atoms with Gasteiger partial charge in [-0.2, -0.15) is 0 Å². The topological polar surface area (TPSA) is 71.1 Å². The molecule has 7 nitrogen and oxygen atoms in total. The third kappa shape index (κ3) is 5.48. The number of hydrogen-bond acceptors (Lipinski definition) is 6. The maximum Gasteiger partial charge on any atom is 0.337 e. The highest BCUT2D eigenvalue weighted by molar-refractivity contribution is 6.10. The molecule has 0 radical (unpaired) electrons. The van der Waals surface area contributed by atoms with Gasteiger partial charge in [-0.15, -0.1) is 0 Å². The largest absolute Gasteiger partial charge is 0.496 e. The predicted octanol–water partition coefficient (Wildman–Crippen LogP) is 5.21. The number of nitrogens with one attached hydrogen (secondary N) is 1. The van der Waals surface area contributed by atoms with Crippen molar-refractivity contribution in [2.45, 2.75) is 6.54 Å². The minimum absolute atomic E-state index is 0.307. The number of benzene rings is 4. The Morgan fingerprint density at radius 2 is 1.50 bits per heavy atom. The summed E-state index contributed by atoms with van der Waals surface area (Å²) in [5.41, 5.74) is 3.52. The van der Waals surface area contributed by atoms with Gasteiger partial charge in [-0.1, -0.05) is 54.6 Å². The minimum atomic E-state index is -0.456. The molecule has 4 aromatic carbocycles. The second kappa shape index (κ2) is 11.4. The van der Waals surface area contributed by atoms with E-state index in [2.05, 4.69) is 39.4 Å². The average Bonchev–Trinajstić information content (AvgIpc) is 2.97. The Labute approximate surface area is 222 Å². The van der Waals surface area contributed by atoms with Crippen molar-refractivity contribution in [2.24, 2.45) is 0 Å². The molecule has 194 valence electrons. The van der Waals surface area contributed by atoms with Crippen molar-refractivity contribution in [3.05, 3.63) is 102 Å². The number of methoxy groups -OCH3 is 2. The molecule has 0 aliphatic carbocycles. The Kier molecular flexibility index (Phi) is 7.56. The maximum atomic E-state index is 13.5. The normalized spacial score (nSPS) is 13.8. The molecule has 1 heterocycles. The molecule has 1 amide bonds. The summed E-state index contributed by atoms with van der Waals surface area (Å²) < 4.78 is 10.5. The number of amides is 1. The van der Waals surface area contributed by atoms with Gasteiger partial charge in [-0.3, -0.25) is 9.69 Å². The molecule has 0 saturated carbocycles. The van der Waals surface area contributed by atoms with Crippen LogP contribution in [0.15, 0.2) is 84.9 Å². The van der Waals surface area contributed by atoms with Crippen molar-refractivity contribution in [1.29, 1.82) is 0 Å². The number of rotatable bonds is 7. The highest BCUT2D eigenvalue weighted by Gasteiger charge is 2.23. The first-order valence-electron chi connectivity index (χ1n) is 12.7. The van der Waals surface area contributed by atoms with Crippen molar-refractivity contribution < 1.29 is 19.1 Å². The molecule has 1 N–H and O–H groups in total. The van der Waals surface area contributed by atoms with Crippen LogP contribution >= 0.6 is 0 Å². The second-order valence-electron chi connectivity index (χ2n) is 9.33. The Hall–Kier alpha value is -4.36. The molecule has 0 bridgehead atoms. The van der Waals surface area contributed by atoms with Crippen molar-refractivity contribution in [2.75, 3.05) is 50.6 Å². The fourth-order valence-corrected chi connectivity index (χ4v) is 4.90. The van der Waals surface area contributed by atoms with Crippen LogP contribution in [0.1, 0.15) is 26.3 Å². The van der Waals surface area contributed by atoms with Gasteiger partial charge in [0, 0.05) is 32.7 Å². The van der Waals surface area contributed by atoms with Gasteiger partial charge in [-0.05, 0) is 46.7 Å². The lowest BCUT2D eigenvalue weighted by Crippen LogP contribution is -2.46. The first-order chi connectivity index (χ1) is 18.6. The van der Waals surface area contributed by atoms with Gasteiger partial charge < -0.3 is 19.7 Å². The van der Waals surface area contributed by atoms with E-state index >= 15 is 0 Å². The van der Waals surface area contributed by atoms with Crippen LogP contribution in [0.5, 0.6) is 5.75 Å². The summed E-state index contributed by atoms with van der Waals surface area (Å²) in [7, 11) is 2.90. The van der Waals surface area contributed by atoms with Gasteiger partial charge in [0.2, 0.25) is 0 Å². The zero-order valence-corrected chi connectivity index (χ0v) is 21.6. The van der Waals surface area contributed by atoms with Crippen LogP contribution in [0.3, 0.4) is 0 Å². The first-order valence-corrected chi connectivity index (χ1v) is 12.7. The summed E-state index contributed by atoms with van der Waals surface area (Å²) >= 11 is 0. The van der Waals surface area contributed by atoms with Crippen molar-refractivity contribution in [3.8, 4) is 5.75 Å². The Morgan fingerprint density at radius 1 is 0.816 bits per heavy atom. The van der Waals surface area contributed by atoms with E-state index in [9.17, 15) is 9.59 Å².